The molecule has 0 radical (unpaired) electrons. The van der Waals surface area contributed by atoms with Crippen LogP contribution in [0.1, 0.15) is 53.1 Å². The van der Waals surface area contributed by atoms with Gasteiger partial charge in [0.1, 0.15) is 0 Å². The van der Waals surface area contributed by atoms with Crippen LogP contribution < -0.4 is 16.0 Å². The van der Waals surface area contributed by atoms with E-state index in [-0.39, 0.29) is 17.2 Å². The molecule has 0 aliphatic rings. The second-order valence-corrected chi connectivity index (χ2v) is 7.67. The molecule has 1 unspecified atom stereocenters. The van der Waals surface area contributed by atoms with E-state index < -0.39 is 0 Å². The molecule has 0 aliphatic heterocycles. The van der Waals surface area contributed by atoms with Crippen LogP contribution in [0.15, 0.2) is 35.3 Å². The van der Waals surface area contributed by atoms with E-state index in [4.69, 9.17) is 9.73 Å². The van der Waals surface area contributed by atoms with Gasteiger partial charge in [0.2, 0.25) is 0 Å². The van der Waals surface area contributed by atoms with Crippen LogP contribution in [0.25, 0.3) is 0 Å². The molecule has 0 aromatic heterocycles. The first-order valence-electron chi connectivity index (χ1n) is 9.09. The number of nitrogens with one attached hydrogen (secondary N) is 3. The molecular weight excluding hydrogens is 312 g/mol. The Balaban J connectivity index is 2.66. The van der Waals surface area contributed by atoms with Crippen LogP contribution in [0.5, 0.6) is 0 Å². The first kappa shape index (κ1) is 21.5. The third-order valence-corrected chi connectivity index (χ3v) is 4.12. The third kappa shape index (κ3) is 8.36. The first-order valence-corrected chi connectivity index (χ1v) is 9.09. The Bertz CT molecular complexity index is 526. The number of guanidine groups is 1. The number of hydrogen-bond donors (Lipinski definition) is 3. The van der Waals surface area contributed by atoms with Crippen LogP contribution in [-0.2, 0) is 4.74 Å². The summed E-state index contributed by atoms with van der Waals surface area (Å²) in [5.74, 6) is 0.815. The quantitative estimate of drug-likeness (QED) is 0.474. The van der Waals surface area contributed by atoms with E-state index in [0.29, 0.717) is 13.1 Å². The van der Waals surface area contributed by atoms with Crippen molar-refractivity contribution in [1.29, 1.82) is 0 Å². The zero-order chi connectivity index (χ0) is 18.9. The molecule has 142 valence electrons. The minimum atomic E-state index is -0.230. The van der Waals surface area contributed by atoms with Crippen molar-refractivity contribution in [2.24, 2.45) is 4.99 Å². The molecular formula is C20H36N4O. The maximum absolute atomic E-state index is 5.46. The van der Waals surface area contributed by atoms with Crippen molar-refractivity contribution in [2.45, 2.75) is 58.7 Å². The summed E-state index contributed by atoms with van der Waals surface area (Å²) in [6, 6.07) is 10.8. The van der Waals surface area contributed by atoms with E-state index in [0.717, 1.165) is 12.5 Å². The molecule has 5 heteroatoms. The molecule has 0 amide bonds. The van der Waals surface area contributed by atoms with Crippen LogP contribution in [0.4, 0.5) is 0 Å². The Morgan fingerprint density at radius 3 is 2.32 bits per heavy atom. The minimum Gasteiger partial charge on any atom is -0.377 e. The second-order valence-electron chi connectivity index (χ2n) is 7.67. The van der Waals surface area contributed by atoms with E-state index >= 15 is 0 Å². The molecule has 1 aromatic rings. The predicted molar refractivity (Wildman–Crippen MR) is 107 cm³/mol. The molecule has 0 fully saturated rings. The molecule has 0 bridgehead atoms. The maximum atomic E-state index is 5.46. The zero-order valence-corrected chi connectivity index (χ0v) is 16.9. The molecule has 1 rings (SSSR count). The van der Waals surface area contributed by atoms with Crippen molar-refractivity contribution in [3.05, 3.63) is 35.9 Å². The molecule has 0 spiro atoms. The minimum absolute atomic E-state index is 0.117. The highest BCUT2D eigenvalue weighted by Crippen LogP contribution is 2.16. The van der Waals surface area contributed by atoms with Crippen LogP contribution in [-0.4, -0.2) is 43.8 Å². The molecule has 0 aliphatic carbocycles. The van der Waals surface area contributed by atoms with Gasteiger partial charge in [-0.15, -0.1) is 0 Å². The number of benzene rings is 1. The first-order chi connectivity index (χ1) is 11.7. The van der Waals surface area contributed by atoms with Gasteiger partial charge in [0.25, 0.3) is 0 Å². The Morgan fingerprint density at radius 2 is 1.76 bits per heavy atom. The van der Waals surface area contributed by atoms with Gasteiger partial charge in [-0.25, -0.2) is 0 Å². The second kappa shape index (κ2) is 9.78. The summed E-state index contributed by atoms with van der Waals surface area (Å²) >= 11 is 0. The lowest BCUT2D eigenvalue weighted by atomic mass is 10.0. The monoisotopic (exact) mass is 348 g/mol. The van der Waals surface area contributed by atoms with Gasteiger partial charge in [0, 0.05) is 31.8 Å². The van der Waals surface area contributed by atoms with Crippen molar-refractivity contribution in [3.8, 4) is 0 Å². The van der Waals surface area contributed by atoms with Crippen LogP contribution in [0.3, 0.4) is 0 Å². The smallest absolute Gasteiger partial charge is 0.191 e. The number of hydrogen-bond acceptors (Lipinski definition) is 3. The van der Waals surface area contributed by atoms with Gasteiger partial charge in [-0.2, -0.15) is 0 Å². The molecule has 25 heavy (non-hydrogen) atoms. The lowest BCUT2D eigenvalue weighted by molar-refractivity contribution is 0.0268. The summed E-state index contributed by atoms with van der Waals surface area (Å²) in [6.07, 6.45) is 0. The van der Waals surface area contributed by atoms with Gasteiger partial charge < -0.3 is 20.7 Å². The normalized spacial score (nSPS) is 14.3. The summed E-state index contributed by atoms with van der Waals surface area (Å²) in [5, 5.41) is 10.3. The fraction of sp³-hybridized carbons (Fsp3) is 0.650. The van der Waals surface area contributed by atoms with Gasteiger partial charge >= 0.3 is 0 Å². The molecule has 1 atom stereocenters. The predicted octanol–water partition coefficient (Wildman–Crippen LogP) is 3.10. The zero-order valence-electron chi connectivity index (χ0n) is 16.9. The van der Waals surface area contributed by atoms with E-state index in [1.54, 1.807) is 7.11 Å². The number of rotatable bonds is 9. The standard InChI is InChI=1S/C20H36N4O/c1-8-21-18(23-15-20(5,6)25-7)22-14-19(3,4)24-16(2)17-12-10-9-11-13-17/h9-13,16,24H,8,14-15H2,1-7H3,(H2,21,22,23). The molecule has 5 nitrogen and oxygen atoms in total. The molecule has 0 saturated heterocycles. The molecule has 1 aromatic carbocycles. The van der Waals surface area contributed by atoms with Crippen LogP contribution in [0.2, 0.25) is 0 Å². The van der Waals surface area contributed by atoms with Gasteiger partial charge in [0.05, 0.1) is 12.1 Å². The van der Waals surface area contributed by atoms with Gasteiger partial charge in [-0.3, -0.25) is 4.99 Å². The van der Waals surface area contributed by atoms with Crippen LogP contribution >= 0.6 is 0 Å². The van der Waals surface area contributed by atoms with Crippen molar-refractivity contribution >= 4 is 5.96 Å². The fourth-order valence-corrected chi connectivity index (χ4v) is 2.44. The SMILES string of the molecule is CCNC(=NCC(C)(C)NC(C)c1ccccc1)NCC(C)(C)OC. The van der Waals surface area contributed by atoms with Crippen LogP contribution in [0, 0.1) is 0 Å². The maximum Gasteiger partial charge on any atom is 0.191 e. The van der Waals surface area contributed by atoms with Crippen molar-refractivity contribution < 1.29 is 4.74 Å². The molecule has 0 saturated carbocycles. The largest absolute Gasteiger partial charge is 0.377 e. The van der Waals surface area contributed by atoms with E-state index in [1.165, 1.54) is 5.56 Å². The van der Waals surface area contributed by atoms with Crippen molar-refractivity contribution in [1.82, 2.24) is 16.0 Å². The van der Waals surface area contributed by atoms with E-state index in [2.05, 4.69) is 81.8 Å². The topological polar surface area (TPSA) is 57.7 Å². The Hall–Kier alpha value is -1.59. The van der Waals surface area contributed by atoms with Gasteiger partial charge in [-0.1, -0.05) is 30.3 Å². The summed E-state index contributed by atoms with van der Waals surface area (Å²) < 4.78 is 5.46. The highest BCUT2D eigenvalue weighted by atomic mass is 16.5. The highest BCUT2D eigenvalue weighted by molar-refractivity contribution is 5.79. The lowest BCUT2D eigenvalue weighted by Crippen LogP contribution is -2.47. The Morgan fingerprint density at radius 1 is 1.12 bits per heavy atom. The van der Waals surface area contributed by atoms with Crippen molar-refractivity contribution in [2.75, 3.05) is 26.7 Å². The van der Waals surface area contributed by atoms with Gasteiger partial charge in [-0.05, 0) is 47.1 Å². The number of nitrogens with zero attached hydrogens (tertiary/aromatic N) is 1. The third-order valence-electron chi connectivity index (χ3n) is 4.12. The summed E-state index contributed by atoms with van der Waals surface area (Å²) in [5.41, 5.74) is 0.937. The summed E-state index contributed by atoms with van der Waals surface area (Å²) in [6.45, 7) is 14.9. The van der Waals surface area contributed by atoms with E-state index in [1.807, 2.05) is 6.07 Å². The Labute approximate surface area is 153 Å². The summed E-state index contributed by atoms with van der Waals surface area (Å²) in [7, 11) is 1.73. The Kier molecular flexibility index (Phi) is 8.39. The lowest BCUT2D eigenvalue weighted by Gasteiger charge is -2.30. The molecule has 0 heterocycles. The summed E-state index contributed by atoms with van der Waals surface area (Å²) in [4.78, 5) is 4.75. The fourth-order valence-electron chi connectivity index (χ4n) is 2.44. The number of aliphatic imine (C=N–C) groups is 1. The highest BCUT2D eigenvalue weighted by Gasteiger charge is 2.21. The average Bonchev–Trinajstić information content (AvgIpc) is 2.58. The number of methoxy groups -OCH3 is 1. The van der Waals surface area contributed by atoms with E-state index in [9.17, 15) is 0 Å². The average molecular weight is 349 g/mol. The molecule has 3 N–H and O–H groups in total. The number of ether oxygens (including phenoxy) is 1. The van der Waals surface area contributed by atoms with Crippen molar-refractivity contribution in [3.63, 3.8) is 0 Å². The van der Waals surface area contributed by atoms with Gasteiger partial charge in [0.15, 0.2) is 5.96 Å².